The number of benzene rings is 1. The predicted molar refractivity (Wildman–Crippen MR) is 88.6 cm³/mol. The van der Waals surface area contributed by atoms with Crippen molar-refractivity contribution < 1.29 is 0 Å². The highest BCUT2D eigenvalue weighted by molar-refractivity contribution is 5.80. The first-order chi connectivity index (χ1) is 10.1. The standard InChI is InChI=1S/C17H26N4/c1-4-20-9-5-6-14(11-20)21-16-8-7-13(18)10-15(16)19-17(21)12(2)3/h7-8,10,12,14H,4-6,9,11,18H2,1-3H3. The fraction of sp³-hybridized carbons (Fsp3) is 0.588. The first-order valence-electron chi connectivity index (χ1n) is 8.09. The van der Waals surface area contributed by atoms with Gasteiger partial charge >= 0.3 is 0 Å². The third-order valence-electron chi connectivity index (χ3n) is 4.55. The number of nitrogens with zero attached hydrogens (tertiary/aromatic N) is 3. The smallest absolute Gasteiger partial charge is 0.112 e. The van der Waals surface area contributed by atoms with E-state index in [2.05, 4.69) is 36.3 Å². The number of nitrogens with two attached hydrogens (primary N) is 1. The van der Waals surface area contributed by atoms with Crippen molar-refractivity contribution in [1.29, 1.82) is 0 Å². The van der Waals surface area contributed by atoms with Crippen LogP contribution in [0.5, 0.6) is 0 Å². The number of hydrogen-bond donors (Lipinski definition) is 1. The molecule has 1 aromatic carbocycles. The fourth-order valence-corrected chi connectivity index (χ4v) is 3.45. The van der Waals surface area contributed by atoms with Crippen LogP contribution in [0.15, 0.2) is 18.2 Å². The molecule has 3 rings (SSSR count). The third-order valence-corrected chi connectivity index (χ3v) is 4.55. The Kier molecular flexibility index (Phi) is 3.89. The number of rotatable bonds is 3. The monoisotopic (exact) mass is 286 g/mol. The second-order valence-electron chi connectivity index (χ2n) is 6.43. The van der Waals surface area contributed by atoms with Crippen LogP contribution in [0.3, 0.4) is 0 Å². The Labute approximate surface area is 126 Å². The van der Waals surface area contributed by atoms with E-state index < -0.39 is 0 Å². The van der Waals surface area contributed by atoms with Gasteiger partial charge in [-0.25, -0.2) is 4.98 Å². The third kappa shape index (κ3) is 2.64. The molecule has 1 aromatic heterocycles. The molecule has 1 unspecified atom stereocenters. The predicted octanol–water partition coefficient (Wildman–Crippen LogP) is 3.40. The highest BCUT2D eigenvalue weighted by Crippen LogP contribution is 2.31. The van der Waals surface area contributed by atoms with Gasteiger partial charge in [0.25, 0.3) is 0 Å². The molecule has 0 radical (unpaired) electrons. The summed E-state index contributed by atoms with van der Waals surface area (Å²) < 4.78 is 2.47. The fourth-order valence-electron chi connectivity index (χ4n) is 3.45. The number of nitrogen functional groups attached to an aromatic ring is 1. The molecule has 0 bridgehead atoms. The molecule has 2 N–H and O–H groups in total. The van der Waals surface area contributed by atoms with E-state index in [-0.39, 0.29) is 0 Å². The van der Waals surface area contributed by atoms with Crippen molar-refractivity contribution in [3.63, 3.8) is 0 Å². The van der Waals surface area contributed by atoms with Gasteiger partial charge in [-0.05, 0) is 44.1 Å². The van der Waals surface area contributed by atoms with E-state index in [1.165, 1.54) is 30.7 Å². The van der Waals surface area contributed by atoms with E-state index >= 15 is 0 Å². The minimum absolute atomic E-state index is 0.427. The van der Waals surface area contributed by atoms with Gasteiger partial charge in [-0.15, -0.1) is 0 Å². The highest BCUT2D eigenvalue weighted by Gasteiger charge is 2.25. The molecule has 2 aromatic rings. The zero-order valence-electron chi connectivity index (χ0n) is 13.3. The number of aromatic nitrogens is 2. The largest absolute Gasteiger partial charge is 0.399 e. The van der Waals surface area contributed by atoms with Crippen molar-refractivity contribution in [2.24, 2.45) is 0 Å². The Morgan fingerprint density at radius 2 is 2.19 bits per heavy atom. The van der Waals surface area contributed by atoms with Gasteiger partial charge < -0.3 is 15.2 Å². The normalized spacial score (nSPS) is 20.5. The minimum atomic E-state index is 0.427. The average molecular weight is 286 g/mol. The van der Waals surface area contributed by atoms with Crippen LogP contribution in [0.1, 0.15) is 51.4 Å². The first kappa shape index (κ1) is 14.4. The van der Waals surface area contributed by atoms with Gasteiger partial charge in [0.05, 0.1) is 11.0 Å². The Morgan fingerprint density at radius 1 is 1.38 bits per heavy atom. The zero-order valence-corrected chi connectivity index (χ0v) is 13.3. The topological polar surface area (TPSA) is 47.1 Å². The van der Waals surface area contributed by atoms with Crippen molar-refractivity contribution in [2.75, 3.05) is 25.4 Å². The Bertz CT molecular complexity index is 629. The number of likely N-dealkylation sites (tertiary alicyclic amines) is 1. The number of piperidine rings is 1. The molecule has 21 heavy (non-hydrogen) atoms. The van der Waals surface area contributed by atoms with Crippen LogP contribution in [0, 0.1) is 0 Å². The molecule has 2 heterocycles. The number of hydrogen-bond acceptors (Lipinski definition) is 3. The molecule has 1 aliphatic heterocycles. The molecule has 4 heteroatoms. The van der Waals surface area contributed by atoms with Crippen LogP contribution in [0.25, 0.3) is 11.0 Å². The molecule has 1 fully saturated rings. The van der Waals surface area contributed by atoms with E-state index in [1.54, 1.807) is 0 Å². The highest BCUT2D eigenvalue weighted by atomic mass is 15.2. The number of fused-ring (bicyclic) bond motifs is 1. The summed E-state index contributed by atoms with van der Waals surface area (Å²) in [4.78, 5) is 7.41. The van der Waals surface area contributed by atoms with Gasteiger partial charge in [0.15, 0.2) is 0 Å². The van der Waals surface area contributed by atoms with Crippen LogP contribution in [-0.2, 0) is 0 Å². The SMILES string of the molecule is CCN1CCCC(n2c(C(C)C)nc3cc(N)ccc32)C1. The molecular formula is C17H26N4. The van der Waals surface area contributed by atoms with E-state index in [0.717, 1.165) is 24.3 Å². The summed E-state index contributed by atoms with van der Waals surface area (Å²) in [5.74, 6) is 1.62. The van der Waals surface area contributed by atoms with Crippen molar-refractivity contribution >= 4 is 16.7 Å². The van der Waals surface area contributed by atoms with Gasteiger partial charge in [0, 0.05) is 24.2 Å². The molecule has 0 amide bonds. The van der Waals surface area contributed by atoms with E-state index in [1.807, 2.05) is 12.1 Å². The maximum absolute atomic E-state index is 5.92. The van der Waals surface area contributed by atoms with Crippen LogP contribution >= 0.6 is 0 Å². The van der Waals surface area contributed by atoms with Gasteiger partial charge in [-0.3, -0.25) is 0 Å². The second kappa shape index (κ2) is 5.68. The summed E-state index contributed by atoms with van der Waals surface area (Å²) in [6, 6.07) is 6.65. The first-order valence-corrected chi connectivity index (χ1v) is 8.09. The molecule has 1 aliphatic rings. The molecule has 4 nitrogen and oxygen atoms in total. The lowest BCUT2D eigenvalue weighted by Gasteiger charge is -2.34. The van der Waals surface area contributed by atoms with Crippen molar-refractivity contribution in [3.8, 4) is 0 Å². The summed E-state index contributed by atoms with van der Waals surface area (Å²) in [5, 5.41) is 0. The summed E-state index contributed by atoms with van der Waals surface area (Å²) in [7, 11) is 0. The van der Waals surface area contributed by atoms with Crippen molar-refractivity contribution in [3.05, 3.63) is 24.0 Å². The average Bonchev–Trinajstić information content (AvgIpc) is 2.86. The van der Waals surface area contributed by atoms with Gasteiger partial charge in [-0.1, -0.05) is 20.8 Å². The van der Waals surface area contributed by atoms with Crippen LogP contribution in [0.2, 0.25) is 0 Å². The van der Waals surface area contributed by atoms with Gasteiger partial charge in [0.2, 0.25) is 0 Å². The molecule has 0 saturated carbocycles. The summed E-state index contributed by atoms with van der Waals surface area (Å²) >= 11 is 0. The molecule has 114 valence electrons. The summed E-state index contributed by atoms with van der Waals surface area (Å²) in [6.07, 6.45) is 2.51. The Balaban J connectivity index is 2.08. The van der Waals surface area contributed by atoms with E-state index in [9.17, 15) is 0 Å². The van der Waals surface area contributed by atoms with Crippen LogP contribution < -0.4 is 5.73 Å². The van der Waals surface area contributed by atoms with Crippen molar-refractivity contribution in [1.82, 2.24) is 14.5 Å². The zero-order chi connectivity index (χ0) is 15.0. The maximum Gasteiger partial charge on any atom is 0.112 e. The Hall–Kier alpha value is -1.55. The number of anilines is 1. The summed E-state index contributed by atoms with van der Waals surface area (Å²) in [6.45, 7) is 10.2. The molecule has 0 spiro atoms. The number of imidazole rings is 1. The van der Waals surface area contributed by atoms with Gasteiger partial charge in [0.1, 0.15) is 5.82 Å². The second-order valence-corrected chi connectivity index (χ2v) is 6.43. The van der Waals surface area contributed by atoms with Crippen LogP contribution in [-0.4, -0.2) is 34.1 Å². The molecular weight excluding hydrogens is 260 g/mol. The van der Waals surface area contributed by atoms with Crippen molar-refractivity contribution in [2.45, 2.75) is 45.6 Å². The molecule has 1 saturated heterocycles. The summed E-state index contributed by atoms with van der Waals surface area (Å²) in [5.41, 5.74) is 8.98. The number of likely N-dealkylation sites (N-methyl/N-ethyl adjacent to an activating group) is 1. The lowest BCUT2D eigenvalue weighted by molar-refractivity contribution is 0.185. The quantitative estimate of drug-likeness (QED) is 0.880. The lowest BCUT2D eigenvalue weighted by atomic mass is 10.0. The van der Waals surface area contributed by atoms with Crippen LogP contribution in [0.4, 0.5) is 5.69 Å². The maximum atomic E-state index is 5.92. The lowest BCUT2D eigenvalue weighted by Crippen LogP contribution is -2.36. The Morgan fingerprint density at radius 3 is 2.90 bits per heavy atom. The molecule has 0 aliphatic carbocycles. The van der Waals surface area contributed by atoms with E-state index in [4.69, 9.17) is 10.7 Å². The van der Waals surface area contributed by atoms with Gasteiger partial charge in [-0.2, -0.15) is 0 Å². The minimum Gasteiger partial charge on any atom is -0.399 e. The van der Waals surface area contributed by atoms with E-state index in [0.29, 0.717) is 12.0 Å². The molecule has 1 atom stereocenters.